The molecule has 0 nitrogen and oxygen atoms in total. The second-order valence-electron chi connectivity index (χ2n) is 4.09. The number of rotatable bonds is 7. The van der Waals surface area contributed by atoms with Crippen molar-refractivity contribution in [3.05, 3.63) is 0 Å². The zero-order chi connectivity index (χ0) is 9.45. The molecule has 0 saturated heterocycles. The van der Waals surface area contributed by atoms with Crippen LogP contribution in [0.3, 0.4) is 0 Å². The van der Waals surface area contributed by atoms with Crippen LogP contribution >= 0.6 is 12.6 Å². The molecule has 0 rings (SSSR count). The van der Waals surface area contributed by atoms with Crippen molar-refractivity contribution in [2.24, 2.45) is 0 Å². The Hall–Kier alpha value is 0.567. The van der Waals surface area contributed by atoms with Crippen LogP contribution in [0.4, 0.5) is 0 Å². The lowest BCUT2D eigenvalue weighted by Crippen LogP contribution is -2.27. The van der Waals surface area contributed by atoms with Crippen LogP contribution in [0.5, 0.6) is 0 Å². The molecule has 2 heteroatoms. The van der Waals surface area contributed by atoms with Crippen LogP contribution in [-0.2, 0) is 0 Å². The van der Waals surface area contributed by atoms with Crippen LogP contribution in [0.2, 0.25) is 24.7 Å². The van der Waals surface area contributed by atoms with Crippen molar-refractivity contribution in [2.45, 2.75) is 57.8 Å². The van der Waals surface area contributed by atoms with Crippen LogP contribution in [-0.4, -0.2) is 13.8 Å². The summed E-state index contributed by atoms with van der Waals surface area (Å²) in [6.07, 6.45) is 4.12. The van der Waals surface area contributed by atoms with Gasteiger partial charge in [-0.05, 0) is 12.2 Å². The minimum Gasteiger partial charge on any atom is -0.179 e. The van der Waals surface area contributed by atoms with Crippen LogP contribution in [0, 0.1) is 0 Å². The Morgan fingerprint density at radius 2 is 1.75 bits per heavy atom. The summed E-state index contributed by atoms with van der Waals surface area (Å²) >= 11 is 4.25. The van der Waals surface area contributed by atoms with Gasteiger partial charge in [0, 0.05) is 0 Å². The largest absolute Gasteiger partial charge is 0.179 e. The lowest BCUT2D eigenvalue weighted by atomic mass is 10.4. The molecule has 1 atom stereocenters. The van der Waals surface area contributed by atoms with E-state index in [4.69, 9.17) is 0 Å². The zero-order valence-corrected chi connectivity index (χ0v) is 10.8. The molecule has 0 aromatic carbocycles. The van der Waals surface area contributed by atoms with Crippen LogP contribution < -0.4 is 0 Å². The van der Waals surface area contributed by atoms with E-state index >= 15 is 0 Å². The molecule has 0 spiro atoms. The molecule has 0 aromatic heterocycles. The molecule has 0 fully saturated rings. The van der Waals surface area contributed by atoms with E-state index in [9.17, 15) is 0 Å². The summed E-state index contributed by atoms with van der Waals surface area (Å²) in [4.78, 5) is 0. The fourth-order valence-electron chi connectivity index (χ4n) is 1.75. The monoisotopic (exact) mass is 204 g/mol. The van der Waals surface area contributed by atoms with Gasteiger partial charge in [0.1, 0.15) is 0 Å². The molecule has 0 aliphatic heterocycles. The third kappa shape index (κ3) is 5.25. The first-order valence-corrected chi connectivity index (χ1v) is 9.04. The van der Waals surface area contributed by atoms with E-state index in [0.717, 1.165) is 5.75 Å². The quantitative estimate of drug-likeness (QED) is 0.358. The lowest BCUT2D eigenvalue weighted by Gasteiger charge is -2.25. The molecular weight excluding hydrogens is 180 g/mol. The van der Waals surface area contributed by atoms with Crippen LogP contribution in [0.1, 0.15) is 33.1 Å². The summed E-state index contributed by atoms with van der Waals surface area (Å²) < 4.78 is 0. The summed E-state index contributed by atoms with van der Waals surface area (Å²) in [5.41, 5.74) is 0. The minimum absolute atomic E-state index is 0.795. The van der Waals surface area contributed by atoms with Gasteiger partial charge in [0.25, 0.3) is 0 Å². The van der Waals surface area contributed by atoms with Gasteiger partial charge in [0.15, 0.2) is 0 Å². The van der Waals surface area contributed by atoms with Gasteiger partial charge in [0.05, 0.1) is 8.07 Å². The van der Waals surface area contributed by atoms with Gasteiger partial charge >= 0.3 is 0 Å². The Morgan fingerprint density at radius 3 is 2.17 bits per heavy atom. The van der Waals surface area contributed by atoms with Crippen LogP contribution in [0.25, 0.3) is 0 Å². The van der Waals surface area contributed by atoms with E-state index in [0.29, 0.717) is 0 Å². The Kier molecular flexibility index (Phi) is 7.35. The molecular formula is C10H24SSi. The van der Waals surface area contributed by atoms with Crippen molar-refractivity contribution >= 4 is 20.7 Å². The SMILES string of the molecule is CCC[Si](C)(CC)CCCCS. The maximum Gasteiger partial charge on any atom is 0.0501 e. The second-order valence-corrected chi connectivity index (χ2v) is 9.87. The Bertz CT molecular complexity index is 106. The normalized spacial score (nSPS) is 16.0. The maximum absolute atomic E-state index is 4.25. The molecule has 1 unspecified atom stereocenters. The van der Waals surface area contributed by atoms with Crippen molar-refractivity contribution in [1.82, 2.24) is 0 Å². The molecule has 74 valence electrons. The topological polar surface area (TPSA) is 0 Å². The number of unbranched alkanes of at least 4 members (excludes halogenated alkanes) is 1. The van der Waals surface area contributed by atoms with E-state index in [1.165, 1.54) is 37.4 Å². The first kappa shape index (κ1) is 12.6. The van der Waals surface area contributed by atoms with E-state index in [2.05, 4.69) is 33.0 Å². The number of thiol groups is 1. The Labute approximate surface area is 84.6 Å². The fourth-order valence-corrected chi connectivity index (χ4v) is 5.24. The third-order valence-corrected chi connectivity index (χ3v) is 8.19. The molecule has 0 amide bonds. The van der Waals surface area contributed by atoms with E-state index < -0.39 is 8.07 Å². The van der Waals surface area contributed by atoms with Crippen molar-refractivity contribution < 1.29 is 0 Å². The van der Waals surface area contributed by atoms with Crippen LogP contribution in [0.15, 0.2) is 0 Å². The van der Waals surface area contributed by atoms with E-state index in [1.807, 2.05) is 0 Å². The highest BCUT2D eigenvalue weighted by molar-refractivity contribution is 7.80. The molecule has 0 N–H and O–H groups in total. The molecule has 0 radical (unpaired) electrons. The molecule has 0 aromatic rings. The number of hydrogen-bond acceptors (Lipinski definition) is 1. The van der Waals surface area contributed by atoms with Gasteiger partial charge in [-0.1, -0.05) is 51.4 Å². The molecule has 12 heavy (non-hydrogen) atoms. The van der Waals surface area contributed by atoms with Gasteiger partial charge in [-0.15, -0.1) is 0 Å². The molecule has 0 aliphatic carbocycles. The summed E-state index contributed by atoms with van der Waals surface area (Å²) in [5, 5.41) is 0. The molecule has 0 heterocycles. The fraction of sp³-hybridized carbons (Fsp3) is 1.00. The van der Waals surface area contributed by atoms with Gasteiger partial charge in [-0.2, -0.15) is 12.6 Å². The van der Waals surface area contributed by atoms with Crippen molar-refractivity contribution in [1.29, 1.82) is 0 Å². The summed E-state index contributed by atoms with van der Waals surface area (Å²) in [6, 6.07) is 4.52. The average Bonchev–Trinajstić information content (AvgIpc) is 2.06. The van der Waals surface area contributed by atoms with Crippen molar-refractivity contribution in [2.75, 3.05) is 5.75 Å². The first-order valence-electron chi connectivity index (χ1n) is 5.29. The number of hydrogen-bond donors (Lipinski definition) is 1. The summed E-state index contributed by atoms with van der Waals surface area (Å²) in [6.45, 7) is 7.26. The highest BCUT2D eigenvalue weighted by Gasteiger charge is 2.22. The molecule has 0 bridgehead atoms. The van der Waals surface area contributed by atoms with Gasteiger partial charge in [-0.25, -0.2) is 0 Å². The standard InChI is InChI=1S/C10H24SSi/c1-4-9-12(3,5-2)10-7-6-8-11/h11H,4-10H2,1-3H3. The van der Waals surface area contributed by atoms with Crippen molar-refractivity contribution in [3.8, 4) is 0 Å². The average molecular weight is 204 g/mol. The third-order valence-electron chi connectivity index (χ3n) is 2.90. The van der Waals surface area contributed by atoms with Gasteiger partial charge < -0.3 is 0 Å². The first-order chi connectivity index (χ1) is 5.68. The van der Waals surface area contributed by atoms with Crippen molar-refractivity contribution in [3.63, 3.8) is 0 Å². The highest BCUT2D eigenvalue weighted by Crippen LogP contribution is 2.24. The Morgan fingerprint density at radius 1 is 1.08 bits per heavy atom. The molecule has 0 aliphatic rings. The second kappa shape index (κ2) is 7.02. The van der Waals surface area contributed by atoms with E-state index in [1.54, 1.807) is 0 Å². The van der Waals surface area contributed by atoms with Gasteiger partial charge in [0.2, 0.25) is 0 Å². The lowest BCUT2D eigenvalue weighted by molar-refractivity contribution is 0.861. The highest BCUT2D eigenvalue weighted by atomic mass is 32.1. The summed E-state index contributed by atoms with van der Waals surface area (Å²) in [5.74, 6) is 1.07. The predicted molar refractivity (Wildman–Crippen MR) is 65.1 cm³/mol. The summed E-state index contributed by atoms with van der Waals surface area (Å²) in [7, 11) is -0.795. The maximum atomic E-state index is 4.25. The Balaban J connectivity index is 3.63. The zero-order valence-electron chi connectivity index (χ0n) is 8.90. The minimum atomic E-state index is -0.795. The smallest absolute Gasteiger partial charge is 0.0501 e. The van der Waals surface area contributed by atoms with Gasteiger partial charge in [-0.3, -0.25) is 0 Å². The molecule has 0 saturated carbocycles. The predicted octanol–water partition coefficient (Wildman–Crippen LogP) is 4.20. The van der Waals surface area contributed by atoms with E-state index in [-0.39, 0.29) is 0 Å².